The lowest BCUT2D eigenvalue weighted by molar-refractivity contribution is 0.0405. The molecule has 2 N–H and O–H groups in total. The highest BCUT2D eigenvalue weighted by Crippen LogP contribution is 2.22. The minimum atomic E-state index is -0.252. The number of aryl methyl sites for hydroxylation is 1. The Morgan fingerprint density at radius 2 is 2.05 bits per heavy atom. The largest absolute Gasteiger partial charge is 0.372 e. The van der Waals surface area contributed by atoms with E-state index in [-0.39, 0.29) is 18.0 Å². The second-order valence-electron chi connectivity index (χ2n) is 4.81. The molecule has 0 aliphatic rings. The van der Waals surface area contributed by atoms with Crippen LogP contribution in [0.25, 0.3) is 0 Å². The summed E-state index contributed by atoms with van der Waals surface area (Å²) in [5.41, 5.74) is 9.77. The van der Waals surface area contributed by atoms with Gasteiger partial charge >= 0.3 is 0 Å². The minimum absolute atomic E-state index is 0.150. The number of hydrogen-bond acceptors (Lipinski definition) is 4. The Hall–Kier alpha value is -1.30. The third-order valence-electron chi connectivity index (χ3n) is 3.15. The monoisotopic (exact) mass is 294 g/mol. The number of thiazole rings is 1. The molecule has 2 unspecified atom stereocenters. The fourth-order valence-corrected chi connectivity index (χ4v) is 2.81. The van der Waals surface area contributed by atoms with Gasteiger partial charge in [0.25, 0.3) is 0 Å². The summed E-state index contributed by atoms with van der Waals surface area (Å²) < 4.78 is 18.8. The molecule has 1 aromatic carbocycles. The number of hydrogen-bond donors (Lipinski definition) is 1. The summed E-state index contributed by atoms with van der Waals surface area (Å²) in [4.78, 5) is 5.44. The van der Waals surface area contributed by atoms with E-state index in [0.717, 1.165) is 17.7 Å². The number of ether oxygens (including phenoxy) is 1. The molecule has 2 atom stereocenters. The molecule has 1 heterocycles. The first-order chi connectivity index (χ1) is 9.58. The van der Waals surface area contributed by atoms with Crippen LogP contribution in [0.5, 0.6) is 0 Å². The van der Waals surface area contributed by atoms with Crippen molar-refractivity contribution in [3.63, 3.8) is 0 Å². The molecule has 0 saturated heterocycles. The van der Waals surface area contributed by atoms with Crippen molar-refractivity contribution < 1.29 is 9.13 Å². The Labute approximate surface area is 122 Å². The highest BCUT2D eigenvalue weighted by atomic mass is 32.1. The van der Waals surface area contributed by atoms with Gasteiger partial charge < -0.3 is 10.5 Å². The molecule has 0 bridgehead atoms. The van der Waals surface area contributed by atoms with Crippen molar-refractivity contribution in [1.29, 1.82) is 0 Å². The molecule has 20 heavy (non-hydrogen) atoms. The Morgan fingerprint density at radius 1 is 1.35 bits per heavy atom. The Bertz CT molecular complexity index is 539. The van der Waals surface area contributed by atoms with Crippen LogP contribution in [-0.2, 0) is 11.2 Å². The van der Waals surface area contributed by atoms with E-state index in [1.165, 1.54) is 17.0 Å². The van der Waals surface area contributed by atoms with Gasteiger partial charge in [-0.25, -0.2) is 9.37 Å². The summed E-state index contributed by atoms with van der Waals surface area (Å²) in [5.74, 6) is -0.252. The minimum Gasteiger partial charge on any atom is -0.372 e. The van der Waals surface area contributed by atoms with Crippen molar-refractivity contribution >= 4 is 11.3 Å². The first-order valence-corrected chi connectivity index (χ1v) is 7.47. The zero-order valence-electron chi connectivity index (χ0n) is 11.7. The van der Waals surface area contributed by atoms with Gasteiger partial charge in [0.1, 0.15) is 5.82 Å². The second kappa shape index (κ2) is 6.92. The lowest BCUT2D eigenvalue weighted by Gasteiger charge is -2.22. The molecule has 0 aliphatic carbocycles. The predicted octanol–water partition coefficient (Wildman–Crippen LogP) is 3.24. The Kier molecular flexibility index (Phi) is 5.23. The first-order valence-electron chi connectivity index (χ1n) is 6.59. The van der Waals surface area contributed by atoms with Gasteiger partial charge in [-0.1, -0.05) is 12.1 Å². The molecule has 0 saturated carbocycles. The van der Waals surface area contributed by atoms with Gasteiger partial charge in [0.05, 0.1) is 23.9 Å². The van der Waals surface area contributed by atoms with E-state index in [4.69, 9.17) is 10.5 Å². The van der Waals surface area contributed by atoms with E-state index < -0.39 is 0 Å². The van der Waals surface area contributed by atoms with Crippen molar-refractivity contribution in [2.24, 2.45) is 5.73 Å². The molecule has 2 rings (SSSR count). The van der Waals surface area contributed by atoms with Gasteiger partial charge in [-0.15, -0.1) is 11.3 Å². The lowest BCUT2D eigenvalue weighted by Crippen LogP contribution is -2.27. The average molecular weight is 294 g/mol. The van der Waals surface area contributed by atoms with Crippen molar-refractivity contribution in [2.75, 3.05) is 6.61 Å². The van der Waals surface area contributed by atoms with Gasteiger partial charge in [0, 0.05) is 17.3 Å². The maximum absolute atomic E-state index is 13.0. The number of nitrogens with two attached hydrogens (primary N) is 1. The van der Waals surface area contributed by atoms with Gasteiger partial charge in [-0.3, -0.25) is 0 Å². The summed E-state index contributed by atoms with van der Waals surface area (Å²) in [6, 6.07) is 6.16. The number of rotatable bonds is 6. The SMILES string of the molecule is Cc1ncsc1CCOC(c1ccc(F)cc1)C(C)N. The van der Waals surface area contributed by atoms with E-state index in [1.54, 1.807) is 23.5 Å². The summed E-state index contributed by atoms with van der Waals surface area (Å²) in [7, 11) is 0. The van der Waals surface area contributed by atoms with E-state index in [2.05, 4.69) is 4.98 Å². The molecule has 108 valence electrons. The smallest absolute Gasteiger partial charge is 0.123 e. The van der Waals surface area contributed by atoms with Crippen molar-refractivity contribution in [3.8, 4) is 0 Å². The summed E-state index contributed by atoms with van der Waals surface area (Å²) in [6.07, 6.45) is 0.602. The lowest BCUT2D eigenvalue weighted by atomic mass is 10.0. The van der Waals surface area contributed by atoms with Gasteiger partial charge in [0.2, 0.25) is 0 Å². The van der Waals surface area contributed by atoms with Gasteiger partial charge in [0.15, 0.2) is 0 Å². The van der Waals surface area contributed by atoms with E-state index in [1.807, 2.05) is 19.4 Å². The number of aromatic nitrogens is 1. The zero-order valence-corrected chi connectivity index (χ0v) is 12.5. The summed E-state index contributed by atoms with van der Waals surface area (Å²) >= 11 is 1.64. The van der Waals surface area contributed by atoms with Crippen LogP contribution in [-0.4, -0.2) is 17.6 Å². The molecular weight excluding hydrogens is 275 g/mol. The normalized spacial score (nSPS) is 14.2. The molecule has 0 spiro atoms. The number of nitrogens with zero attached hydrogens (tertiary/aromatic N) is 1. The first kappa shape index (κ1) is 15.1. The maximum atomic E-state index is 13.0. The van der Waals surface area contributed by atoms with E-state index in [9.17, 15) is 4.39 Å². The van der Waals surface area contributed by atoms with Crippen LogP contribution in [0.4, 0.5) is 4.39 Å². The third-order valence-corrected chi connectivity index (χ3v) is 4.14. The van der Waals surface area contributed by atoms with Crippen LogP contribution in [0.1, 0.15) is 29.2 Å². The topological polar surface area (TPSA) is 48.1 Å². The number of halogens is 1. The predicted molar refractivity (Wildman–Crippen MR) is 79.3 cm³/mol. The molecule has 0 aliphatic heterocycles. The highest BCUT2D eigenvalue weighted by Gasteiger charge is 2.17. The molecule has 3 nitrogen and oxygen atoms in total. The Balaban J connectivity index is 1.96. The molecular formula is C15H19FN2OS. The molecule has 1 aromatic heterocycles. The van der Waals surface area contributed by atoms with Crippen molar-refractivity contribution in [2.45, 2.75) is 32.4 Å². The molecule has 0 radical (unpaired) electrons. The third kappa shape index (κ3) is 3.85. The van der Waals surface area contributed by atoms with Crippen LogP contribution < -0.4 is 5.73 Å². The number of benzene rings is 1. The van der Waals surface area contributed by atoms with Crippen molar-refractivity contribution in [1.82, 2.24) is 4.98 Å². The van der Waals surface area contributed by atoms with Gasteiger partial charge in [-0.2, -0.15) is 0 Å². The summed E-state index contributed by atoms with van der Waals surface area (Å²) in [5, 5.41) is 0. The van der Waals surface area contributed by atoms with Crippen LogP contribution in [0.15, 0.2) is 29.8 Å². The molecule has 0 fully saturated rings. The fraction of sp³-hybridized carbons (Fsp3) is 0.400. The van der Waals surface area contributed by atoms with E-state index >= 15 is 0 Å². The second-order valence-corrected chi connectivity index (χ2v) is 5.75. The fourth-order valence-electron chi connectivity index (χ4n) is 2.05. The standard InChI is InChI=1S/C15H19FN2OS/c1-10(17)15(12-3-5-13(16)6-4-12)19-8-7-14-11(2)18-9-20-14/h3-6,9-10,15H,7-8,17H2,1-2H3. The van der Waals surface area contributed by atoms with Gasteiger partial charge in [-0.05, 0) is 31.5 Å². The summed E-state index contributed by atoms with van der Waals surface area (Å²) in [6.45, 7) is 4.47. The van der Waals surface area contributed by atoms with Crippen LogP contribution in [0.3, 0.4) is 0 Å². The van der Waals surface area contributed by atoms with Crippen LogP contribution in [0.2, 0.25) is 0 Å². The van der Waals surface area contributed by atoms with Crippen LogP contribution >= 0.6 is 11.3 Å². The van der Waals surface area contributed by atoms with Crippen molar-refractivity contribution in [3.05, 3.63) is 51.7 Å². The Morgan fingerprint density at radius 3 is 2.60 bits per heavy atom. The molecule has 0 amide bonds. The van der Waals surface area contributed by atoms with E-state index in [0.29, 0.717) is 6.61 Å². The molecule has 2 aromatic rings. The quantitative estimate of drug-likeness (QED) is 0.889. The molecule has 5 heteroatoms. The highest BCUT2D eigenvalue weighted by molar-refractivity contribution is 7.09. The van der Waals surface area contributed by atoms with Crippen LogP contribution in [0, 0.1) is 12.7 Å². The zero-order chi connectivity index (χ0) is 14.5. The maximum Gasteiger partial charge on any atom is 0.123 e. The average Bonchev–Trinajstić information content (AvgIpc) is 2.81.